The average molecular weight is 445 g/mol. The summed E-state index contributed by atoms with van der Waals surface area (Å²) in [6, 6.07) is 8.27. The molecule has 0 unspecified atom stereocenters. The molecule has 2 rings (SSSR count). The van der Waals surface area contributed by atoms with E-state index in [0.717, 1.165) is 62.3 Å². The molecular formula is C26H41FN4O. The number of amides is 1. The molecule has 32 heavy (non-hydrogen) atoms. The number of carbonyl (C=O) groups is 1. The van der Waals surface area contributed by atoms with Crippen molar-refractivity contribution in [3.63, 3.8) is 0 Å². The molecule has 1 N–H and O–H groups in total. The third-order valence-electron chi connectivity index (χ3n) is 5.34. The Kier molecular flexibility index (Phi) is 13.2. The summed E-state index contributed by atoms with van der Waals surface area (Å²) in [6.45, 7) is 12.4. The smallest absolute Gasteiger partial charge is 0.230 e. The minimum atomic E-state index is -0.223. The van der Waals surface area contributed by atoms with Crippen LogP contribution >= 0.6 is 0 Å². The number of hydrogen-bond donors (Lipinski definition) is 1. The summed E-state index contributed by atoms with van der Waals surface area (Å²) in [5.74, 6) is -0.0634. The number of hydrazone groups is 1. The van der Waals surface area contributed by atoms with Gasteiger partial charge in [0, 0.05) is 24.8 Å². The van der Waals surface area contributed by atoms with Gasteiger partial charge in [-0.05, 0) is 57.3 Å². The first-order valence-electron chi connectivity index (χ1n) is 11.8. The topological polar surface area (TPSA) is 47.9 Å². The van der Waals surface area contributed by atoms with Crippen molar-refractivity contribution in [1.29, 1.82) is 0 Å². The number of nitrogens with one attached hydrogen (secondary N) is 1. The summed E-state index contributed by atoms with van der Waals surface area (Å²) in [4.78, 5) is 14.0. The molecule has 1 saturated heterocycles. The number of halogens is 1. The van der Waals surface area contributed by atoms with Gasteiger partial charge >= 0.3 is 0 Å². The van der Waals surface area contributed by atoms with Gasteiger partial charge in [0.25, 0.3) is 0 Å². The number of carbonyl (C=O) groups excluding carboxylic acids is 1. The second kappa shape index (κ2) is 15.4. The maximum Gasteiger partial charge on any atom is 0.230 e. The predicted octanol–water partition coefficient (Wildman–Crippen LogP) is 5.54. The highest BCUT2D eigenvalue weighted by molar-refractivity contribution is 6.06. The van der Waals surface area contributed by atoms with Crippen molar-refractivity contribution < 1.29 is 9.18 Å². The fourth-order valence-corrected chi connectivity index (χ4v) is 3.57. The molecule has 1 aromatic rings. The van der Waals surface area contributed by atoms with Crippen LogP contribution < -0.4 is 10.2 Å². The lowest BCUT2D eigenvalue weighted by atomic mass is 9.97. The van der Waals surface area contributed by atoms with Crippen molar-refractivity contribution >= 4 is 17.8 Å². The van der Waals surface area contributed by atoms with Crippen LogP contribution in [0, 0.1) is 5.92 Å². The van der Waals surface area contributed by atoms with Gasteiger partial charge in [0.2, 0.25) is 6.41 Å². The quantitative estimate of drug-likeness (QED) is 0.223. The van der Waals surface area contributed by atoms with Crippen LogP contribution in [0.1, 0.15) is 59.4 Å². The Morgan fingerprint density at radius 1 is 1.25 bits per heavy atom. The minimum absolute atomic E-state index is 0.133. The third-order valence-corrected chi connectivity index (χ3v) is 5.34. The SMILES string of the molecule is C/C=C(F)\C=C/CCN(C)c1ccccc1/C(=N/N(C=O)C1CCNCC1)C(C)C.CC. The molecule has 0 atom stereocenters. The van der Waals surface area contributed by atoms with E-state index in [1.807, 2.05) is 39.1 Å². The van der Waals surface area contributed by atoms with Crippen LogP contribution in [0.25, 0.3) is 0 Å². The number of para-hydroxylation sites is 1. The van der Waals surface area contributed by atoms with Gasteiger partial charge in [0.05, 0.1) is 11.8 Å². The highest BCUT2D eigenvalue weighted by Gasteiger charge is 2.22. The van der Waals surface area contributed by atoms with Gasteiger partial charge in [0.1, 0.15) is 5.83 Å². The van der Waals surface area contributed by atoms with Gasteiger partial charge in [0.15, 0.2) is 0 Å². The maximum absolute atomic E-state index is 13.3. The molecule has 6 heteroatoms. The van der Waals surface area contributed by atoms with Crippen LogP contribution in [0.5, 0.6) is 0 Å². The second-order valence-corrected chi connectivity index (χ2v) is 7.91. The molecular weight excluding hydrogens is 403 g/mol. The van der Waals surface area contributed by atoms with Crippen molar-refractivity contribution in [2.75, 3.05) is 31.6 Å². The molecule has 1 aliphatic heterocycles. The van der Waals surface area contributed by atoms with Gasteiger partial charge in [-0.1, -0.05) is 58.0 Å². The van der Waals surface area contributed by atoms with E-state index in [0.29, 0.717) is 0 Å². The lowest BCUT2D eigenvalue weighted by molar-refractivity contribution is -0.120. The van der Waals surface area contributed by atoms with E-state index in [1.165, 1.54) is 12.2 Å². The van der Waals surface area contributed by atoms with Crippen LogP contribution in [-0.4, -0.2) is 49.9 Å². The first-order chi connectivity index (χ1) is 15.5. The minimum Gasteiger partial charge on any atom is -0.374 e. The van der Waals surface area contributed by atoms with E-state index in [-0.39, 0.29) is 17.8 Å². The summed E-state index contributed by atoms with van der Waals surface area (Å²) in [5, 5.41) is 9.76. The molecule has 0 spiro atoms. The molecule has 1 amide bonds. The lowest BCUT2D eigenvalue weighted by Gasteiger charge is -2.30. The van der Waals surface area contributed by atoms with E-state index in [9.17, 15) is 9.18 Å². The Labute approximate surface area is 194 Å². The monoisotopic (exact) mass is 444 g/mol. The Balaban J connectivity index is 0.00000249. The van der Waals surface area contributed by atoms with E-state index in [2.05, 4.69) is 36.2 Å². The first-order valence-corrected chi connectivity index (χ1v) is 11.8. The van der Waals surface area contributed by atoms with Crippen LogP contribution in [0.2, 0.25) is 0 Å². The number of hydrogen-bond acceptors (Lipinski definition) is 4. The van der Waals surface area contributed by atoms with Crippen molar-refractivity contribution in [3.8, 4) is 0 Å². The maximum atomic E-state index is 13.3. The van der Waals surface area contributed by atoms with Crippen molar-refractivity contribution in [2.45, 2.75) is 59.9 Å². The Morgan fingerprint density at radius 3 is 2.50 bits per heavy atom. The standard InChI is InChI=1S/C24H35FN4O.C2H6/c1-5-20(25)10-8-9-17-28(4)23-12-7-6-11-22(23)24(19(2)3)27-29(18-30)21-13-15-26-16-14-21;1-2/h5-8,10-12,18-19,21,26H,9,13-17H2,1-4H3;1-2H3/b10-8-,20-5+,27-24+;. The number of benzene rings is 1. The second-order valence-electron chi connectivity index (χ2n) is 7.91. The molecule has 178 valence electrons. The largest absolute Gasteiger partial charge is 0.374 e. The summed E-state index contributed by atoms with van der Waals surface area (Å²) >= 11 is 0. The van der Waals surface area contributed by atoms with Gasteiger partial charge in [-0.15, -0.1) is 0 Å². The van der Waals surface area contributed by atoms with E-state index < -0.39 is 0 Å². The summed E-state index contributed by atoms with van der Waals surface area (Å²) < 4.78 is 13.3. The summed E-state index contributed by atoms with van der Waals surface area (Å²) in [6.07, 6.45) is 8.19. The normalized spacial score (nSPS) is 15.5. The number of allylic oxidation sites excluding steroid dienone is 3. The molecule has 0 saturated carbocycles. The van der Waals surface area contributed by atoms with Gasteiger partial charge in [-0.3, -0.25) is 4.79 Å². The molecule has 0 radical (unpaired) electrons. The number of anilines is 1. The molecule has 1 fully saturated rings. The van der Waals surface area contributed by atoms with E-state index in [4.69, 9.17) is 5.10 Å². The predicted molar refractivity (Wildman–Crippen MR) is 135 cm³/mol. The van der Waals surface area contributed by atoms with Gasteiger partial charge < -0.3 is 10.2 Å². The summed E-state index contributed by atoms with van der Waals surface area (Å²) in [5.41, 5.74) is 2.99. The lowest BCUT2D eigenvalue weighted by Crippen LogP contribution is -2.40. The molecule has 1 aromatic carbocycles. The zero-order chi connectivity index (χ0) is 23.9. The first kappa shape index (κ1) is 27.6. The molecule has 0 aromatic heterocycles. The number of piperidine rings is 1. The molecule has 1 aliphatic rings. The number of rotatable bonds is 10. The zero-order valence-electron chi connectivity index (χ0n) is 20.6. The molecule has 1 heterocycles. The van der Waals surface area contributed by atoms with Gasteiger partial charge in [-0.2, -0.15) is 5.10 Å². The van der Waals surface area contributed by atoms with Crippen LogP contribution in [0.15, 0.2) is 53.4 Å². The number of nitrogens with zero attached hydrogens (tertiary/aromatic N) is 3. The average Bonchev–Trinajstić information content (AvgIpc) is 2.84. The molecule has 5 nitrogen and oxygen atoms in total. The fourth-order valence-electron chi connectivity index (χ4n) is 3.57. The van der Waals surface area contributed by atoms with Crippen molar-refractivity contribution in [1.82, 2.24) is 10.3 Å². The van der Waals surface area contributed by atoms with Crippen molar-refractivity contribution in [3.05, 3.63) is 53.9 Å². The fraction of sp³-hybridized carbons (Fsp3) is 0.538. The van der Waals surface area contributed by atoms with Gasteiger partial charge in [-0.25, -0.2) is 9.40 Å². The highest BCUT2D eigenvalue weighted by Crippen LogP contribution is 2.24. The van der Waals surface area contributed by atoms with Crippen LogP contribution in [0.3, 0.4) is 0 Å². The van der Waals surface area contributed by atoms with E-state index in [1.54, 1.807) is 11.9 Å². The molecule has 0 aliphatic carbocycles. The Morgan fingerprint density at radius 2 is 1.91 bits per heavy atom. The zero-order valence-corrected chi connectivity index (χ0v) is 20.6. The summed E-state index contributed by atoms with van der Waals surface area (Å²) in [7, 11) is 2.03. The van der Waals surface area contributed by atoms with E-state index >= 15 is 0 Å². The third kappa shape index (κ3) is 8.58. The Hall–Kier alpha value is -2.47. The van der Waals surface area contributed by atoms with Crippen molar-refractivity contribution in [2.24, 2.45) is 11.0 Å². The van der Waals surface area contributed by atoms with Crippen LogP contribution in [0.4, 0.5) is 10.1 Å². The Bertz CT molecular complexity index is 767. The highest BCUT2D eigenvalue weighted by atomic mass is 19.1. The van der Waals surface area contributed by atoms with Crippen LogP contribution in [-0.2, 0) is 4.79 Å². The molecule has 0 bridgehead atoms.